The Morgan fingerprint density at radius 3 is 2.67 bits per heavy atom. The molecule has 0 saturated heterocycles. The number of thiazole rings is 1. The summed E-state index contributed by atoms with van der Waals surface area (Å²) in [5.74, 6) is -0.594. The van der Waals surface area contributed by atoms with Crippen molar-refractivity contribution in [2.45, 2.75) is 12.3 Å². The van der Waals surface area contributed by atoms with Crippen molar-refractivity contribution in [1.29, 1.82) is 0 Å². The number of aromatic nitrogens is 2. The van der Waals surface area contributed by atoms with Crippen molar-refractivity contribution in [3.63, 3.8) is 0 Å². The van der Waals surface area contributed by atoms with E-state index in [0.717, 1.165) is 11.3 Å². The second-order valence-electron chi connectivity index (χ2n) is 5.07. The van der Waals surface area contributed by atoms with Gasteiger partial charge in [-0.25, -0.2) is 22.5 Å². The third-order valence-electron chi connectivity index (χ3n) is 3.22. The highest BCUT2D eigenvalue weighted by Gasteiger charge is 2.13. The van der Waals surface area contributed by atoms with Crippen LogP contribution < -0.4 is 4.72 Å². The summed E-state index contributed by atoms with van der Waals surface area (Å²) in [6, 6.07) is 9.11. The molecule has 2 heterocycles. The summed E-state index contributed by atoms with van der Waals surface area (Å²) in [5, 5.41) is 2.53. The Kier molecular flexibility index (Phi) is 4.98. The van der Waals surface area contributed by atoms with E-state index in [1.807, 2.05) is 17.5 Å². The Morgan fingerprint density at radius 1 is 1.17 bits per heavy atom. The second kappa shape index (κ2) is 7.16. The van der Waals surface area contributed by atoms with Crippen LogP contribution in [0.25, 0.3) is 11.3 Å². The molecule has 1 N–H and O–H groups in total. The summed E-state index contributed by atoms with van der Waals surface area (Å²) in [6.07, 6.45) is 3.39. The Hall–Kier alpha value is -2.16. The lowest BCUT2D eigenvalue weighted by Gasteiger charge is -2.05. The summed E-state index contributed by atoms with van der Waals surface area (Å²) in [6.45, 7) is 0.120. The molecule has 1 aromatic carbocycles. The van der Waals surface area contributed by atoms with Gasteiger partial charge in [-0.3, -0.25) is 4.98 Å². The summed E-state index contributed by atoms with van der Waals surface area (Å²) in [4.78, 5) is 8.44. The average molecular weight is 363 g/mol. The first-order valence-electron chi connectivity index (χ1n) is 7.08. The first-order valence-corrected chi connectivity index (χ1v) is 9.62. The molecule has 0 aliphatic carbocycles. The van der Waals surface area contributed by atoms with E-state index >= 15 is 0 Å². The predicted octanol–water partition coefficient (Wildman–Crippen LogP) is 2.96. The minimum absolute atomic E-state index is 0.120. The molecule has 0 bridgehead atoms. The van der Waals surface area contributed by atoms with Crippen LogP contribution in [0.1, 0.15) is 10.6 Å². The van der Waals surface area contributed by atoms with Crippen LogP contribution in [0, 0.1) is 5.82 Å². The zero-order valence-electron chi connectivity index (χ0n) is 12.5. The molecule has 24 heavy (non-hydrogen) atoms. The van der Waals surface area contributed by atoms with Crippen LogP contribution in [0.15, 0.2) is 54.2 Å². The van der Waals surface area contributed by atoms with Crippen LogP contribution in [-0.4, -0.2) is 18.4 Å². The van der Waals surface area contributed by atoms with Crippen LogP contribution in [0.2, 0.25) is 0 Å². The number of nitrogens with zero attached hydrogens (tertiary/aromatic N) is 2. The normalized spacial score (nSPS) is 11.5. The van der Waals surface area contributed by atoms with Gasteiger partial charge in [0.05, 0.1) is 18.0 Å². The minimum atomic E-state index is -3.52. The maximum atomic E-state index is 12.9. The van der Waals surface area contributed by atoms with E-state index in [1.165, 1.54) is 35.6 Å². The molecular formula is C16H14FN3O2S2. The van der Waals surface area contributed by atoms with Crippen LogP contribution in [0.3, 0.4) is 0 Å². The Morgan fingerprint density at radius 2 is 1.96 bits per heavy atom. The van der Waals surface area contributed by atoms with Gasteiger partial charge in [-0.1, -0.05) is 12.1 Å². The molecule has 0 radical (unpaired) electrons. The molecule has 3 rings (SSSR count). The molecule has 0 unspecified atom stereocenters. The number of hydrogen-bond acceptors (Lipinski definition) is 5. The third-order valence-corrected chi connectivity index (χ3v) is 5.37. The van der Waals surface area contributed by atoms with E-state index < -0.39 is 15.8 Å². The van der Waals surface area contributed by atoms with E-state index in [4.69, 9.17) is 0 Å². The first-order chi connectivity index (χ1) is 11.5. The van der Waals surface area contributed by atoms with E-state index in [2.05, 4.69) is 14.7 Å². The molecule has 0 aliphatic rings. The topological polar surface area (TPSA) is 72.0 Å². The maximum Gasteiger partial charge on any atom is 0.216 e. The monoisotopic (exact) mass is 363 g/mol. The van der Waals surface area contributed by atoms with Crippen molar-refractivity contribution in [3.05, 3.63) is 70.6 Å². The highest BCUT2D eigenvalue weighted by Crippen LogP contribution is 2.21. The Labute approximate surface area is 143 Å². The van der Waals surface area contributed by atoms with Gasteiger partial charge < -0.3 is 0 Å². The van der Waals surface area contributed by atoms with Crippen molar-refractivity contribution >= 4 is 21.4 Å². The molecule has 3 aromatic rings. The molecule has 0 amide bonds. The first kappa shape index (κ1) is 16.7. The standard InChI is InChI=1S/C16H14FN3O2S2/c17-14-5-3-12(4-6-14)11-24(21,22)19-9-16-20-15(10-23-16)13-2-1-7-18-8-13/h1-8,10,19H,9,11H2. The molecule has 5 nitrogen and oxygen atoms in total. The number of sulfonamides is 1. The number of pyridine rings is 1. The van der Waals surface area contributed by atoms with Gasteiger partial charge in [0, 0.05) is 23.3 Å². The van der Waals surface area contributed by atoms with Crippen LogP contribution in [0.4, 0.5) is 4.39 Å². The second-order valence-corrected chi connectivity index (χ2v) is 7.82. The van der Waals surface area contributed by atoms with Gasteiger partial charge in [0.25, 0.3) is 0 Å². The highest BCUT2D eigenvalue weighted by atomic mass is 32.2. The van der Waals surface area contributed by atoms with Gasteiger partial charge in [-0.05, 0) is 29.8 Å². The van der Waals surface area contributed by atoms with Crippen molar-refractivity contribution < 1.29 is 12.8 Å². The lowest BCUT2D eigenvalue weighted by molar-refractivity contribution is 0.580. The quantitative estimate of drug-likeness (QED) is 0.731. The van der Waals surface area contributed by atoms with Gasteiger partial charge >= 0.3 is 0 Å². The molecule has 0 saturated carbocycles. The lowest BCUT2D eigenvalue weighted by Crippen LogP contribution is -2.24. The number of hydrogen-bond donors (Lipinski definition) is 1. The zero-order chi connectivity index (χ0) is 17.0. The lowest BCUT2D eigenvalue weighted by atomic mass is 10.2. The van der Waals surface area contributed by atoms with Gasteiger partial charge in [-0.15, -0.1) is 11.3 Å². The summed E-state index contributed by atoms with van der Waals surface area (Å²) < 4.78 is 39.6. The molecule has 0 spiro atoms. The van der Waals surface area contributed by atoms with Gasteiger partial charge in [-0.2, -0.15) is 0 Å². The summed E-state index contributed by atoms with van der Waals surface area (Å²) >= 11 is 1.38. The number of halogens is 1. The van der Waals surface area contributed by atoms with Crippen molar-refractivity contribution in [3.8, 4) is 11.3 Å². The van der Waals surface area contributed by atoms with Gasteiger partial charge in [0.1, 0.15) is 10.8 Å². The molecule has 8 heteroatoms. The Balaban J connectivity index is 1.63. The van der Waals surface area contributed by atoms with Crippen LogP contribution >= 0.6 is 11.3 Å². The molecular weight excluding hydrogens is 349 g/mol. The van der Waals surface area contributed by atoms with Crippen LogP contribution in [-0.2, 0) is 22.3 Å². The summed E-state index contributed by atoms with van der Waals surface area (Å²) in [7, 11) is -3.52. The number of rotatable bonds is 6. The zero-order valence-corrected chi connectivity index (χ0v) is 14.1. The average Bonchev–Trinajstić information content (AvgIpc) is 3.05. The van der Waals surface area contributed by atoms with Gasteiger partial charge in [0.2, 0.25) is 10.0 Å². The number of benzene rings is 1. The van der Waals surface area contributed by atoms with E-state index in [9.17, 15) is 12.8 Å². The van der Waals surface area contributed by atoms with E-state index in [-0.39, 0.29) is 12.3 Å². The third kappa shape index (κ3) is 4.44. The van der Waals surface area contributed by atoms with Crippen molar-refractivity contribution in [1.82, 2.24) is 14.7 Å². The molecule has 0 fully saturated rings. The maximum absolute atomic E-state index is 12.9. The SMILES string of the molecule is O=S(=O)(Cc1ccc(F)cc1)NCc1nc(-c2cccnc2)cs1. The molecule has 0 atom stereocenters. The summed E-state index contributed by atoms with van der Waals surface area (Å²) in [5.41, 5.74) is 2.18. The van der Waals surface area contributed by atoms with Crippen molar-refractivity contribution in [2.75, 3.05) is 0 Å². The van der Waals surface area contributed by atoms with Crippen molar-refractivity contribution in [2.24, 2.45) is 0 Å². The van der Waals surface area contributed by atoms with E-state index in [0.29, 0.717) is 10.6 Å². The van der Waals surface area contributed by atoms with E-state index in [1.54, 1.807) is 12.4 Å². The molecule has 2 aromatic heterocycles. The largest absolute Gasteiger partial charge is 0.264 e. The predicted molar refractivity (Wildman–Crippen MR) is 91.2 cm³/mol. The molecule has 124 valence electrons. The van der Waals surface area contributed by atoms with Gasteiger partial charge in [0.15, 0.2) is 0 Å². The fourth-order valence-corrected chi connectivity index (χ4v) is 3.99. The fraction of sp³-hybridized carbons (Fsp3) is 0.125. The number of nitrogens with one attached hydrogen (secondary N) is 1. The smallest absolute Gasteiger partial charge is 0.216 e. The Bertz CT molecular complexity index is 910. The highest BCUT2D eigenvalue weighted by molar-refractivity contribution is 7.88. The molecule has 0 aliphatic heterocycles. The minimum Gasteiger partial charge on any atom is -0.264 e. The fourth-order valence-electron chi connectivity index (χ4n) is 2.06. The van der Waals surface area contributed by atoms with Crippen LogP contribution in [0.5, 0.6) is 0 Å².